The standard InChI is InChI=1S/C30H33Cl2N3O6S/c1-30(2,3)33-29(37)25(15-20-8-6-5-7-9-20)34(17-21-10-12-23(31)24(32)14-21)28(36)18-35(42(4,38)39)22-11-13-26-27(16-22)41-19-40-26/h5-14,16,25H,15,17-19H2,1-4H3,(H,33,37)/t25-/m0/s1. The van der Waals surface area contributed by atoms with Crippen molar-refractivity contribution in [2.24, 2.45) is 0 Å². The smallest absolute Gasteiger partial charge is 0.244 e. The van der Waals surface area contributed by atoms with Gasteiger partial charge in [-0.05, 0) is 56.2 Å². The Kier molecular flexibility index (Phi) is 9.60. The summed E-state index contributed by atoms with van der Waals surface area (Å²) in [5, 5.41) is 3.62. The number of ether oxygens (including phenoxy) is 2. The highest BCUT2D eigenvalue weighted by Gasteiger charge is 2.34. The molecule has 224 valence electrons. The third-order valence-corrected chi connectivity index (χ3v) is 8.31. The number of carbonyl (C=O) groups excluding carboxylic acids is 2. The van der Waals surface area contributed by atoms with Gasteiger partial charge in [-0.3, -0.25) is 13.9 Å². The summed E-state index contributed by atoms with van der Waals surface area (Å²) in [6.07, 6.45) is 1.21. The van der Waals surface area contributed by atoms with E-state index in [1.807, 2.05) is 51.1 Å². The molecule has 0 saturated carbocycles. The number of nitrogens with one attached hydrogen (secondary N) is 1. The molecule has 12 heteroatoms. The fourth-order valence-electron chi connectivity index (χ4n) is 4.50. The van der Waals surface area contributed by atoms with E-state index in [-0.39, 0.29) is 31.4 Å². The van der Waals surface area contributed by atoms with E-state index in [4.69, 9.17) is 32.7 Å². The van der Waals surface area contributed by atoms with Gasteiger partial charge in [-0.25, -0.2) is 8.42 Å². The number of nitrogens with zero attached hydrogens (tertiary/aromatic N) is 2. The van der Waals surface area contributed by atoms with E-state index in [0.717, 1.165) is 16.1 Å². The number of halogens is 2. The Morgan fingerprint density at radius 2 is 1.62 bits per heavy atom. The molecule has 2 amide bonds. The minimum absolute atomic E-state index is 0.0120. The van der Waals surface area contributed by atoms with Crippen LogP contribution in [0.3, 0.4) is 0 Å². The SMILES string of the molecule is CC(C)(C)NC(=O)[C@H](Cc1ccccc1)N(Cc1ccc(Cl)c(Cl)c1)C(=O)CN(c1ccc2c(c1)OCO2)S(C)(=O)=O. The van der Waals surface area contributed by atoms with Crippen LogP contribution in [-0.4, -0.2) is 56.3 Å². The molecule has 1 aliphatic heterocycles. The zero-order chi connectivity index (χ0) is 30.7. The lowest BCUT2D eigenvalue weighted by atomic mass is 10.0. The number of fused-ring (bicyclic) bond motifs is 1. The summed E-state index contributed by atoms with van der Waals surface area (Å²) in [6.45, 7) is 4.97. The van der Waals surface area contributed by atoms with Crippen molar-refractivity contribution in [1.29, 1.82) is 0 Å². The number of benzene rings is 3. The van der Waals surface area contributed by atoms with Gasteiger partial charge in [0.2, 0.25) is 28.6 Å². The minimum Gasteiger partial charge on any atom is -0.454 e. The molecule has 1 heterocycles. The van der Waals surface area contributed by atoms with Crippen LogP contribution in [0.2, 0.25) is 10.0 Å². The first-order valence-corrected chi connectivity index (χ1v) is 15.8. The van der Waals surface area contributed by atoms with E-state index in [0.29, 0.717) is 27.1 Å². The molecule has 0 spiro atoms. The van der Waals surface area contributed by atoms with Crippen LogP contribution in [0.4, 0.5) is 5.69 Å². The number of hydrogen-bond acceptors (Lipinski definition) is 6. The highest BCUT2D eigenvalue weighted by molar-refractivity contribution is 7.92. The van der Waals surface area contributed by atoms with Gasteiger partial charge in [0.05, 0.1) is 22.0 Å². The van der Waals surface area contributed by atoms with Gasteiger partial charge in [-0.1, -0.05) is 59.6 Å². The number of amides is 2. The molecule has 42 heavy (non-hydrogen) atoms. The maximum atomic E-state index is 14.2. The first-order chi connectivity index (χ1) is 19.7. The van der Waals surface area contributed by atoms with Crippen LogP contribution in [0.15, 0.2) is 66.7 Å². The van der Waals surface area contributed by atoms with E-state index in [1.165, 1.54) is 11.0 Å². The summed E-state index contributed by atoms with van der Waals surface area (Å²) in [7, 11) is -3.93. The zero-order valence-corrected chi connectivity index (χ0v) is 26.1. The second kappa shape index (κ2) is 12.8. The molecule has 4 rings (SSSR count). The number of carbonyl (C=O) groups is 2. The van der Waals surface area contributed by atoms with Crippen molar-refractivity contribution < 1.29 is 27.5 Å². The van der Waals surface area contributed by atoms with Crippen molar-refractivity contribution >= 4 is 50.7 Å². The third kappa shape index (κ3) is 8.08. The summed E-state index contributed by atoms with van der Waals surface area (Å²) in [6, 6.07) is 17.9. The molecule has 0 radical (unpaired) electrons. The van der Waals surface area contributed by atoms with Crippen molar-refractivity contribution in [3.63, 3.8) is 0 Å². The fourth-order valence-corrected chi connectivity index (χ4v) is 5.66. The molecule has 3 aromatic carbocycles. The average Bonchev–Trinajstić information content (AvgIpc) is 3.38. The lowest BCUT2D eigenvalue weighted by molar-refractivity contribution is -0.140. The van der Waals surface area contributed by atoms with Crippen LogP contribution in [0, 0.1) is 0 Å². The molecule has 9 nitrogen and oxygen atoms in total. The lowest BCUT2D eigenvalue weighted by Gasteiger charge is -2.35. The average molecular weight is 635 g/mol. The molecule has 0 bridgehead atoms. The van der Waals surface area contributed by atoms with E-state index in [1.54, 1.807) is 30.3 Å². The largest absolute Gasteiger partial charge is 0.454 e. The highest BCUT2D eigenvalue weighted by Crippen LogP contribution is 2.36. The molecule has 1 aliphatic rings. The van der Waals surface area contributed by atoms with Gasteiger partial charge in [0, 0.05) is 24.6 Å². The monoisotopic (exact) mass is 633 g/mol. The lowest BCUT2D eigenvalue weighted by Crippen LogP contribution is -2.56. The number of sulfonamides is 1. The first-order valence-electron chi connectivity index (χ1n) is 13.2. The molecule has 0 fully saturated rings. The quantitative estimate of drug-likeness (QED) is 0.335. The predicted octanol–water partition coefficient (Wildman–Crippen LogP) is 5.04. The maximum Gasteiger partial charge on any atom is 0.244 e. The Morgan fingerprint density at radius 3 is 2.26 bits per heavy atom. The van der Waals surface area contributed by atoms with Gasteiger partial charge < -0.3 is 19.7 Å². The molecule has 0 aromatic heterocycles. The van der Waals surface area contributed by atoms with Gasteiger partial charge in [-0.2, -0.15) is 0 Å². The van der Waals surface area contributed by atoms with Crippen LogP contribution in [0.25, 0.3) is 0 Å². The predicted molar refractivity (Wildman–Crippen MR) is 164 cm³/mol. The van der Waals surface area contributed by atoms with Gasteiger partial charge in [0.25, 0.3) is 0 Å². The topological polar surface area (TPSA) is 105 Å². The van der Waals surface area contributed by atoms with Crippen LogP contribution < -0.4 is 19.1 Å². The van der Waals surface area contributed by atoms with Gasteiger partial charge in [0.1, 0.15) is 12.6 Å². The van der Waals surface area contributed by atoms with Crippen LogP contribution in [0.1, 0.15) is 31.9 Å². The summed E-state index contributed by atoms with van der Waals surface area (Å²) < 4.78 is 37.7. The number of rotatable bonds is 10. The fraction of sp³-hybridized carbons (Fsp3) is 0.333. The van der Waals surface area contributed by atoms with Crippen LogP contribution in [0.5, 0.6) is 11.5 Å². The first kappa shape index (κ1) is 31.5. The van der Waals surface area contributed by atoms with E-state index in [9.17, 15) is 18.0 Å². The zero-order valence-electron chi connectivity index (χ0n) is 23.8. The van der Waals surface area contributed by atoms with Gasteiger partial charge >= 0.3 is 0 Å². The normalized spacial score (nSPS) is 13.4. The Hall–Kier alpha value is -3.47. The Balaban J connectivity index is 1.76. The van der Waals surface area contributed by atoms with E-state index in [2.05, 4.69) is 5.32 Å². The van der Waals surface area contributed by atoms with Crippen molar-refractivity contribution in [1.82, 2.24) is 10.2 Å². The molecular weight excluding hydrogens is 601 g/mol. The van der Waals surface area contributed by atoms with Gasteiger partial charge in [0.15, 0.2) is 11.5 Å². The molecular formula is C30H33Cl2N3O6S. The molecule has 1 atom stereocenters. The summed E-state index contributed by atoms with van der Waals surface area (Å²) in [5.41, 5.74) is 1.08. The molecule has 1 N–H and O–H groups in total. The second-order valence-electron chi connectivity index (χ2n) is 11.0. The Morgan fingerprint density at radius 1 is 0.929 bits per heavy atom. The Bertz CT molecular complexity index is 1560. The van der Waals surface area contributed by atoms with Gasteiger partial charge in [-0.15, -0.1) is 0 Å². The second-order valence-corrected chi connectivity index (χ2v) is 13.7. The van der Waals surface area contributed by atoms with E-state index < -0.39 is 34.1 Å². The maximum absolute atomic E-state index is 14.2. The summed E-state index contributed by atoms with van der Waals surface area (Å²) in [4.78, 5) is 29.4. The van der Waals surface area contributed by atoms with Crippen LogP contribution >= 0.6 is 23.2 Å². The van der Waals surface area contributed by atoms with Crippen LogP contribution in [-0.2, 0) is 32.6 Å². The molecule has 0 aliphatic carbocycles. The number of hydrogen-bond donors (Lipinski definition) is 1. The van der Waals surface area contributed by atoms with Crippen molar-refractivity contribution in [2.75, 3.05) is 23.9 Å². The van der Waals surface area contributed by atoms with Crippen molar-refractivity contribution in [3.8, 4) is 11.5 Å². The summed E-state index contributed by atoms with van der Waals surface area (Å²) in [5.74, 6) is -0.128. The molecule has 0 saturated heterocycles. The van der Waals surface area contributed by atoms with Crippen molar-refractivity contribution in [2.45, 2.75) is 45.3 Å². The third-order valence-electron chi connectivity index (χ3n) is 6.43. The highest BCUT2D eigenvalue weighted by atomic mass is 35.5. The molecule has 0 unspecified atom stereocenters. The summed E-state index contributed by atoms with van der Waals surface area (Å²) >= 11 is 12.4. The molecule has 3 aromatic rings. The Labute approximate surface area is 256 Å². The van der Waals surface area contributed by atoms with E-state index >= 15 is 0 Å². The number of anilines is 1. The van der Waals surface area contributed by atoms with Crippen molar-refractivity contribution in [3.05, 3.63) is 87.9 Å². The minimum atomic E-state index is -3.93.